The molecule has 0 aromatic heterocycles. The fourth-order valence-corrected chi connectivity index (χ4v) is 6.85. The minimum absolute atomic E-state index is 0.0380. The van der Waals surface area contributed by atoms with Crippen LogP contribution in [0.1, 0.15) is 26.3 Å². The van der Waals surface area contributed by atoms with Crippen molar-refractivity contribution in [3.63, 3.8) is 0 Å². The Morgan fingerprint density at radius 1 is 0.357 bits per heavy atom. The molecule has 8 aromatic rings. The fourth-order valence-electron chi connectivity index (χ4n) is 6.85. The first-order valence-corrected chi connectivity index (χ1v) is 14.9. The molecule has 0 aliphatic carbocycles. The van der Waals surface area contributed by atoms with Gasteiger partial charge in [-0.3, -0.25) is 0 Å². The number of hydrogen-bond acceptors (Lipinski definition) is 0. The highest BCUT2D eigenvalue weighted by Gasteiger charge is 2.21. The van der Waals surface area contributed by atoms with Crippen molar-refractivity contribution in [3.05, 3.63) is 145 Å². The molecule has 0 saturated carbocycles. The molecule has 0 unspecified atom stereocenters. The molecular formula is C42H32. The van der Waals surface area contributed by atoms with E-state index in [0.29, 0.717) is 0 Å². The minimum Gasteiger partial charge on any atom is -0.0616 e. The molecule has 0 saturated heterocycles. The van der Waals surface area contributed by atoms with E-state index in [2.05, 4.69) is 160 Å². The van der Waals surface area contributed by atoms with Crippen molar-refractivity contribution in [1.82, 2.24) is 0 Å². The van der Waals surface area contributed by atoms with Crippen LogP contribution in [0.2, 0.25) is 0 Å². The normalized spacial score (nSPS) is 12.2. The zero-order chi connectivity index (χ0) is 28.4. The Kier molecular flexibility index (Phi) is 5.49. The van der Waals surface area contributed by atoms with Crippen molar-refractivity contribution in [2.75, 3.05) is 0 Å². The fraction of sp³-hybridized carbons (Fsp3) is 0.0952. The van der Waals surface area contributed by atoms with Gasteiger partial charge in [0.2, 0.25) is 0 Å². The quantitative estimate of drug-likeness (QED) is 0.152. The third-order valence-corrected chi connectivity index (χ3v) is 8.97. The van der Waals surface area contributed by atoms with Crippen molar-refractivity contribution < 1.29 is 0 Å². The lowest BCUT2D eigenvalue weighted by atomic mass is 9.80. The maximum Gasteiger partial charge on any atom is -0.00199 e. The van der Waals surface area contributed by atoms with Gasteiger partial charge in [-0.2, -0.15) is 0 Å². The third kappa shape index (κ3) is 3.83. The van der Waals surface area contributed by atoms with Crippen LogP contribution in [0.15, 0.2) is 140 Å². The van der Waals surface area contributed by atoms with Crippen LogP contribution in [0.5, 0.6) is 0 Å². The standard InChI is InChI=1S/C42H32/c1-42(2,3)31-22-23-37-39(26-31)40(30-21-20-27-12-4-5-13-28(27)24-30)35-18-10-11-19-36(35)41(37)38-25-29-14-6-7-15-32(29)33-16-8-9-17-34(33)38/h4-26H,1-3H3. The van der Waals surface area contributed by atoms with Gasteiger partial charge in [0, 0.05) is 0 Å². The van der Waals surface area contributed by atoms with Crippen LogP contribution in [0.3, 0.4) is 0 Å². The molecule has 0 fully saturated rings. The second kappa shape index (κ2) is 9.29. The van der Waals surface area contributed by atoms with Crippen molar-refractivity contribution in [3.8, 4) is 22.3 Å². The first-order valence-electron chi connectivity index (χ1n) is 14.9. The molecule has 0 atom stereocenters. The number of hydrogen-bond donors (Lipinski definition) is 0. The average molecular weight is 537 g/mol. The summed E-state index contributed by atoms with van der Waals surface area (Å²) in [6.45, 7) is 6.92. The first kappa shape index (κ1) is 24.8. The van der Waals surface area contributed by atoms with Gasteiger partial charge in [-0.25, -0.2) is 0 Å². The Bertz CT molecular complexity index is 2330. The molecular weight excluding hydrogens is 504 g/mol. The number of rotatable bonds is 2. The number of benzene rings is 8. The van der Waals surface area contributed by atoms with Gasteiger partial charge in [0.1, 0.15) is 0 Å². The van der Waals surface area contributed by atoms with Crippen molar-refractivity contribution in [2.45, 2.75) is 26.2 Å². The molecule has 0 aliphatic rings. The molecule has 8 rings (SSSR count). The van der Waals surface area contributed by atoms with Crippen LogP contribution in [-0.2, 0) is 5.41 Å². The van der Waals surface area contributed by atoms with E-state index in [1.165, 1.54) is 81.7 Å². The molecule has 0 spiro atoms. The molecule has 0 aliphatic heterocycles. The van der Waals surface area contributed by atoms with E-state index in [-0.39, 0.29) is 5.41 Å². The second-order valence-corrected chi connectivity index (χ2v) is 12.6. The van der Waals surface area contributed by atoms with Crippen LogP contribution >= 0.6 is 0 Å². The van der Waals surface area contributed by atoms with E-state index in [0.717, 1.165) is 0 Å². The lowest BCUT2D eigenvalue weighted by Gasteiger charge is -2.23. The summed E-state index contributed by atoms with van der Waals surface area (Å²) in [5.74, 6) is 0. The summed E-state index contributed by atoms with van der Waals surface area (Å²) in [6.07, 6.45) is 0. The SMILES string of the molecule is CC(C)(C)c1ccc2c(-c3cc4ccccc4c4ccccc34)c3ccccc3c(-c3ccc4ccccc4c3)c2c1. The third-order valence-electron chi connectivity index (χ3n) is 8.97. The van der Waals surface area contributed by atoms with Gasteiger partial charge in [0.25, 0.3) is 0 Å². The van der Waals surface area contributed by atoms with E-state index in [1.807, 2.05) is 0 Å². The largest absolute Gasteiger partial charge is 0.0616 e. The van der Waals surface area contributed by atoms with Gasteiger partial charge in [0.05, 0.1) is 0 Å². The summed E-state index contributed by atoms with van der Waals surface area (Å²) in [6, 6.07) is 51.9. The predicted molar refractivity (Wildman–Crippen MR) is 184 cm³/mol. The molecule has 0 heterocycles. The van der Waals surface area contributed by atoms with Crippen LogP contribution < -0.4 is 0 Å². The summed E-state index contributed by atoms with van der Waals surface area (Å²) in [5.41, 5.74) is 6.56. The summed E-state index contributed by atoms with van der Waals surface area (Å²) in [7, 11) is 0. The Hall–Kier alpha value is -4.94. The zero-order valence-electron chi connectivity index (χ0n) is 24.3. The lowest BCUT2D eigenvalue weighted by Crippen LogP contribution is -2.10. The van der Waals surface area contributed by atoms with Crippen LogP contribution in [0.4, 0.5) is 0 Å². The molecule has 200 valence electrons. The van der Waals surface area contributed by atoms with Gasteiger partial charge < -0.3 is 0 Å². The van der Waals surface area contributed by atoms with Crippen LogP contribution in [0.25, 0.3) is 76.1 Å². The highest BCUT2D eigenvalue weighted by Crippen LogP contribution is 2.47. The highest BCUT2D eigenvalue weighted by atomic mass is 14.2. The Labute approximate surface area is 246 Å². The van der Waals surface area contributed by atoms with E-state index < -0.39 is 0 Å². The van der Waals surface area contributed by atoms with E-state index in [4.69, 9.17) is 0 Å². The van der Waals surface area contributed by atoms with Gasteiger partial charge in [-0.1, -0.05) is 142 Å². The Morgan fingerprint density at radius 2 is 0.929 bits per heavy atom. The molecule has 0 radical (unpaired) electrons. The van der Waals surface area contributed by atoms with E-state index >= 15 is 0 Å². The topological polar surface area (TPSA) is 0 Å². The summed E-state index contributed by atoms with van der Waals surface area (Å²) < 4.78 is 0. The molecule has 0 N–H and O–H groups in total. The second-order valence-electron chi connectivity index (χ2n) is 12.6. The molecule has 8 aromatic carbocycles. The molecule has 0 heteroatoms. The summed E-state index contributed by atoms with van der Waals surface area (Å²) in [5, 5.41) is 12.9. The zero-order valence-corrected chi connectivity index (χ0v) is 24.3. The Balaban J connectivity index is 1.58. The first-order chi connectivity index (χ1) is 20.5. The van der Waals surface area contributed by atoms with Crippen molar-refractivity contribution in [1.29, 1.82) is 0 Å². The van der Waals surface area contributed by atoms with Crippen molar-refractivity contribution in [2.24, 2.45) is 0 Å². The van der Waals surface area contributed by atoms with E-state index in [1.54, 1.807) is 0 Å². The van der Waals surface area contributed by atoms with E-state index in [9.17, 15) is 0 Å². The van der Waals surface area contributed by atoms with Gasteiger partial charge >= 0.3 is 0 Å². The van der Waals surface area contributed by atoms with Gasteiger partial charge in [-0.15, -0.1) is 0 Å². The maximum atomic E-state index is 2.46. The molecule has 0 nitrogen and oxygen atoms in total. The van der Waals surface area contributed by atoms with Crippen molar-refractivity contribution >= 4 is 53.9 Å². The molecule has 42 heavy (non-hydrogen) atoms. The summed E-state index contributed by atoms with van der Waals surface area (Å²) in [4.78, 5) is 0. The predicted octanol–water partition coefficient (Wildman–Crippen LogP) is 12.1. The average Bonchev–Trinajstić information content (AvgIpc) is 3.02. The smallest absolute Gasteiger partial charge is 0.00199 e. The lowest BCUT2D eigenvalue weighted by molar-refractivity contribution is 0.591. The van der Waals surface area contributed by atoms with Gasteiger partial charge in [-0.05, 0) is 105 Å². The minimum atomic E-state index is 0.0380. The monoisotopic (exact) mass is 536 g/mol. The van der Waals surface area contributed by atoms with Gasteiger partial charge in [0.15, 0.2) is 0 Å². The highest BCUT2D eigenvalue weighted by molar-refractivity contribution is 6.26. The Morgan fingerprint density at radius 3 is 1.67 bits per heavy atom. The number of fused-ring (bicyclic) bond motifs is 6. The summed E-state index contributed by atoms with van der Waals surface area (Å²) >= 11 is 0. The van der Waals surface area contributed by atoms with Crippen LogP contribution in [0, 0.1) is 0 Å². The van der Waals surface area contributed by atoms with Crippen LogP contribution in [-0.4, -0.2) is 0 Å². The maximum absolute atomic E-state index is 2.46. The molecule has 0 amide bonds. The molecule has 0 bridgehead atoms.